The van der Waals surface area contributed by atoms with E-state index in [4.69, 9.17) is 21.1 Å². The fraction of sp³-hybridized carbons (Fsp3) is 0.333. The molecule has 1 atom stereocenters. The Labute approximate surface area is 94.5 Å². The van der Waals surface area contributed by atoms with Crippen LogP contribution in [-0.2, 0) is 11.2 Å². The molecule has 0 bridgehead atoms. The molecule has 0 spiro atoms. The summed E-state index contributed by atoms with van der Waals surface area (Å²) in [5.41, 5.74) is 1.14. The Morgan fingerprint density at radius 1 is 1.60 bits per heavy atom. The first kappa shape index (κ1) is 10.5. The van der Waals surface area contributed by atoms with Crippen LogP contribution in [0.2, 0.25) is 5.02 Å². The lowest BCUT2D eigenvalue weighted by Crippen LogP contribution is -2.00. The summed E-state index contributed by atoms with van der Waals surface area (Å²) in [4.78, 5) is 0. The Kier molecular flexibility index (Phi) is 3.29. The number of rotatable bonds is 5. The van der Waals surface area contributed by atoms with Crippen molar-refractivity contribution in [2.75, 3.05) is 13.2 Å². The van der Waals surface area contributed by atoms with E-state index in [9.17, 15) is 0 Å². The highest BCUT2D eigenvalue weighted by molar-refractivity contribution is 6.30. The first-order valence-electron chi connectivity index (χ1n) is 4.93. The van der Waals surface area contributed by atoms with Crippen LogP contribution < -0.4 is 4.74 Å². The lowest BCUT2D eigenvalue weighted by Gasteiger charge is -2.09. The summed E-state index contributed by atoms with van der Waals surface area (Å²) >= 11 is 5.91. The van der Waals surface area contributed by atoms with E-state index in [0.29, 0.717) is 17.7 Å². The van der Waals surface area contributed by atoms with E-state index in [1.807, 2.05) is 18.2 Å². The molecule has 0 amide bonds. The first-order chi connectivity index (χ1) is 7.29. The van der Waals surface area contributed by atoms with E-state index in [2.05, 4.69) is 6.58 Å². The molecule has 1 unspecified atom stereocenters. The number of benzene rings is 1. The average molecular weight is 225 g/mol. The van der Waals surface area contributed by atoms with Crippen LogP contribution >= 0.6 is 11.6 Å². The molecule has 0 radical (unpaired) electrons. The highest BCUT2D eigenvalue weighted by atomic mass is 35.5. The molecule has 0 aromatic heterocycles. The molecular weight excluding hydrogens is 212 g/mol. The molecule has 15 heavy (non-hydrogen) atoms. The molecular formula is C12H13ClO2. The largest absolute Gasteiger partial charge is 0.489 e. The van der Waals surface area contributed by atoms with E-state index in [-0.39, 0.29) is 0 Å². The molecule has 2 rings (SSSR count). The maximum atomic E-state index is 5.91. The molecule has 1 aromatic rings. The summed E-state index contributed by atoms with van der Waals surface area (Å²) in [6, 6.07) is 5.70. The maximum Gasteiger partial charge on any atom is 0.124 e. The van der Waals surface area contributed by atoms with E-state index >= 15 is 0 Å². The van der Waals surface area contributed by atoms with Gasteiger partial charge in [-0.3, -0.25) is 0 Å². The van der Waals surface area contributed by atoms with Gasteiger partial charge >= 0.3 is 0 Å². The van der Waals surface area contributed by atoms with Crippen molar-refractivity contribution in [3.05, 3.63) is 41.4 Å². The Hall–Kier alpha value is -0.990. The van der Waals surface area contributed by atoms with Gasteiger partial charge in [0.2, 0.25) is 0 Å². The standard InChI is InChI=1S/C12H13ClO2/c1-2-5-14-12-7-10(13)4-3-9(12)6-11-8-15-11/h2-4,7,11H,1,5-6,8H2. The average Bonchev–Trinajstić information content (AvgIpc) is 3.02. The molecule has 1 fully saturated rings. The van der Waals surface area contributed by atoms with Crippen LogP contribution in [0.15, 0.2) is 30.9 Å². The zero-order valence-corrected chi connectivity index (χ0v) is 9.17. The predicted octanol–water partition coefficient (Wildman–Crippen LogP) is 2.85. The van der Waals surface area contributed by atoms with Gasteiger partial charge in [-0.1, -0.05) is 30.3 Å². The smallest absolute Gasteiger partial charge is 0.124 e. The zero-order chi connectivity index (χ0) is 10.7. The van der Waals surface area contributed by atoms with Crippen molar-refractivity contribution in [1.82, 2.24) is 0 Å². The molecule has 1 saturated heterocycles. The summed E-state index contributed by atoms with van der Waals surface area (Å²) in [5.74, 6) is 0.831. The Morgan fingerprint density at radius 2 is 2.40 bits per heavy atom. The molecule has 3 heteroatoms. The molecule has 0 aliphatic carbocycles. The van der Waals surface area contributed by atoms with Crippen LogP contribution in [0.1, 0.15) is 5.56 Å². The molecule has 2 nitrogen and oxygen atoms in total. The van der Waals surface area contributed by atoms with Crippen LogP contribution in [0.4, 0.5) is 0 Å². The van der Waals surface area contributed by atoms with Gasteiger partial charge < -0.3 is 9.47 Å². The molecule has 1 aliphatic rings. The predicted molar refractivity (Wildman–Crippen MR) is 60.6 cm³/mol. The number of hydrogen-bond donors (Lipinski definition) is 0. The Balaban J connectivity index is 2.13. The highest BCUT2D eigenvalue weighted by Gasteiger charge is 2.24. The maximum absolute atomic E-state index is 5.91. The van der Waals surface area contributed by atoms with E-state index in [0.717, 1.165) is 24.3 Å². The van der Waals surface area contributed by atoms with Gasteiger partial charge in [-0.25, -0.2) is 0 Å². The van der Waals surface area contributed by atoms with E-state index < -0.39 is 0 Å². The minimum atomic E-state index is 0.359. The second-order valence-electron chi connectivity index (χ2n) is 3.51. The van der Waals surface area contributed by atoms with Crippen LogP contribution in [0.3, 0.4) is 0 Å². The van der Waals surface area contributed by atoms with E-state index in [1.165, 1.54) is 0 Å². The van der Waals surface area contributed by atoms with Crippen molar-refractivity contribution in [3.8, 4) is 5.75 Å². The van der Waals surface area contributed by atoms with Gasteiger partial charge in [0.15, 0.2) is 0 Å². The second kappa shape index (κ2) is 4.69. The summed E-state index contributed by atoms with van der Waals surface area (Å²) in [7, 11) is 0. The van der Waals surface area contributed by atoms with Crippen molar-refractivity contribution >= 4 is 11.6 Å². The Morgan fingerprint density at radius 3 is 3.07 bits per heavy atom. The third-order valence-electron chi connectivity index (χ3n) is 2.24. The van der Waals surface area contributed by atoms with Crippen LogP contribution in [0, 0.1) is 0 Å². The molecule has 1 aliphatic heterocycles. The first-order valence-corrected chi connectivity index (χ1v) is 5.31. The molecule has 0 saturated carbocycles. The topological polar surface area (TPSA) is 21.8 Å². The normalized spacial score (nSPS) is 18.6. The van der Waals surface area contributed by atoms with Crippen molar-refractivity contribution in [2.24, 2.45) is 0 Å². The fourth-order valence-corrected chi connectivity index (χ4v) is 1.57. The number of epoxide rings is 1. The minimum Gasteiger partial charge on any atom is -0.489 e. The van der Waals surface area contributed by atoms with Gasteiger partial charge in [-0.15, -0.1) is 0 Å². The molecule has 80 valence electrons. The number of hydrogen-bond acceptors (Lipinski definition) is 2. The van der Waals surface area contributed by atoms with E-state index in [1.54, 1.807) is 6.08 Å². The summed E-state index contributed by atoms with van der Waals surface area (Å²) in [5, 5.41) is 0.689. The third kappa shape index (κ3) is 2.98. The van der Waals surface area contributed by atoms with Gasteiger partial charge in [-0.05, 0) is 17.7 Å². The quantitative estimate of drug-likeness (QED) is 0.567. The number of halogens is 1. The molecule has 1 aromatic carbocycles. The van der Waals surface area contributed by atoms with Gasteiger partial charge in [0, 0.05) is 11.4 Å². The monoisotopic (exact) mass is 224 g/mol. The lowest BCUT2D eigenvalue weighted by atomic mass is 10.1. The summed E-state index contributed by atoms with van der Waals surface area (Å²) in [6.07, 6.45) is 2.97. The van der Waals surface area contributed by atoms with Crippen LogP contribution in [-0.4, -0.2) is 19.3 Å². The van der Waals surface area contributed by atoms with Crippen LogP contribution in [0.25, 0.3) is 0 Å². The summed E-state index contributed by atoms with van der Waals surface area (Å²) < 4.78 is 10.7. The zero-order valence-electron chi connectivity index (χ0n) is 8.41. The van der Waals surface area contributed by atoms with Crippen molar-refractivity contribution in [3.63, 3.8) is 0 Å². The SMILES string of the molecule is C=CCOc1cc(Cl)ccc1CC1CO1. The van der Waals surface area contributed by atoms with Crippen LogP contribution in [0.5, 0.6) is 5.75 Å². The second-order valence-corrected chi connectivity index (χ2v) is 3.95. The highest BCUT2D eigenvalue weighted by Crippen LogP contribution is 2.27. The van der Waals surface area contributed by atoms with Crippen molar-refractivity contribution in [2.45, 2.75) is 12.5 Å². The van der Waals surface area contributed by atoms with Gasteiger partial charge in [0.05, 0.1) is 12.7 Å². The Bertz CT molecular complexity index is 359. The lowest BCUT2D eigenvalue weighted by molar-refractivity contribution is 0.354. The fourth-order valence-electron chi connectivity index (χ4n) is 1.41. The van der Waals surface area contributed by atoms with Crippen molar-refractivity contribution < 1.29 is 9.47 Å². The number of ether oxygens (including phenoxy) is 2. The summed E-state index contributed by atoms with van der Waals surface area (Å²) in [6.45, 7) is 4.97. The molecule has 1 heterocycles. The van der Waals surface area contributed by atoms with Gasteiger partial charge in [-0.2, -0.15) is 0 Å². The minimum absolute atomic E-state index is 0.359. The van der Waals surface area contributed by atoms with Gasteiger partial charge in [0.25, 0.3) is 0 Å². The van der Waals surface area contributed by atoms with Gasteiger partial charge in [0.1, 0.15) is 12.4 Å². The van der Waals surface area contributed by atoms with Crippen molar-refractivity contribution in [1.29, 1.82) is 0 Å². The third-order valence-corrected chi connectivity index (χ3v) is 2.47. The molecule has 0 N–H and O–H groups in total.